The highest BCUT2D eigenvalue weighted by Gasteiger charge is 2.05. The first-order valence-electron chi connectivity index (χ1n) is 5.62. The van der Waals surface area contributed by atoms with Crippen molar-refractivity contribution in [2.24, 2.45) is 0 Å². The number of benzene rings is 1. The van der Waals surface area contributed by atoms with E-state index >= 15 is 0 Å². The number of ether oxygens (including phenoxy) is 1. The smallest absolute Gasteiger partial charge is 0.180 e. The van der Waals surface area contributed by atoms with E-state index in [9.17, 15) is 0 Å². The van der Waals surface area contributed by atoms with Crippen molar-refractivity contribution in [1.29, 1.82) is 0 Å². The summed E-state index contributed by atoms with van der Waals surface area (Å²) in [7, 11) is 1.66. The summed E-state index contributed by atoms with van der Waals surface area (Å²) in [5, 5.41) is 0. The summed E-state index contributed by atoms with van der Waals surface area (Å²) in [5.74, 6) is 1.72. The number of aromatic nitrogens is 4. The number of rotatable bonds is 3. The lowest BCUT2D eigenvalue weighted by molar-refractivity contribution is 0.414. The molecule has 0 aliphatic carbocycles. The van der Waals surface area contributed by atoms with Crippen LogP contribution in [0.5, 0.6) is 5.75 Å². The lowest BCUT2D eigenvalue weighted by atomic mass is 10.1. The molecule has 2 heterocycles. The molecule has 0 unspecified atom stereocenters. The van der Waals surface area contributed by atoms with E-state index in [4.69, 9.17) is 4.74 Å². The van der Waals surface area contributed by atoms with Crippen LogP contribution in [-0.4, -0.2) is 27.0 Å². The van der Waals surface area contributed by atoms with Crippen LogP contribution in [0.4, 0.5) is 0 Å². The molecular formula is C13H12N4O. The Kier molecular flexibility index (Phi) is 2.64. The molecule has 0 aliphatic rings. The molecule has 1 aromatic carbocycles. The number of H-pyrrole nitrogens is 1. The third kappa shape index (κ3) is 2.02. The van der Waals surface area contributed by atoms with E-state index in [2.05, 4.69) is 19.9 Å². The minimum Gasteiger partial charge on any atom is -0.497 e. The van der Waals surface area contributed by atoms with Gasteiger partial charge in [0.2, 0.25) is 0 Å². The maximum Gasteiger partial charge on any atom is 0.180 e. The summed E-state index contributed by atoms with van der Waals surface area (Å²) >= 11 is 0. The maximum absolute atomic E-state index is 5.20. The number of nitrogens with one attached hydrogen (secondary N) is 1. The first-order valence-corrected chi connectivity index (χ1v) is 5.62. The van der Waals surface area contributed by atoms with E-state index in [-0.39, 0.29) is 0 Å². The van der Waals surface area contributed by atoms with E-state index in [1.807, 2.05) is 24.3 Å². The van der Waals surface area contributed by atoms with Gasteiger partial charge >= 0.3 is 0 Å². The molecule has 0 atom stereocenters. The summed E-state index contributed by atoms with van der Waals surface area (Å²) in [6, 6.07) is 7.94. The van der Waals surface area contributed by atoms with Crippen molar-refractivity contribution in [1.82, 2.24) is 19.9 Å². The summed E-state index contributed by atoms with van der Waals surface area (Å²) in [5.41, 5.74) is 2.69. The predicted octanol–water partition coefficient (Wildman–Crippen LogP) is 1.95. The topological polar surface area (TPSA) is 63.7 Å². The van der Waals surface area contributed by atoms with Gasteiger partial charge in [0.15, 0.2) is 5.65 Å². The summed E-state index contributed by atoms with van der Waals surface area (Å²) in [6.45, 7) is 0. The maximum atomic E-state index is 5.20. The van der Waals surface area contributed by atoms with Gasteiger partial charge in [-0.05, 0) is 17.7 Å². The zero-order valence-corrected chi connectivity index (χ0v) is 9.92. The van der Waals surface area contributed by atoms with Crippen LogP contribution in [0.15, 0.2) is 36.8 Å². The Morgan fingerprint density at radius 1 is 1.33 bits per heavy atom. The van der Waals surface area contributed by atoms with Crippen molar-refractivity contribution in [2.45, 2.75) is 6.42 Å². The van der Waals surface area contributed by atoms with Crippen molar-refractivity contribution in [2.75, 3.05) is 7.11 Å². The molecular weight excluding hydrogens is 228 g/mol. The molecule has 0 radical (unpaired) electrons. The van der Waals surface area contributed by atoms with Gasteiger partial charge in [0, 0.05) is 6.42 Å². The van der Waals surface area contributed by atoms with Gasteiger partial charge in [-0.1, -0.05) is 12.1 Å². The Hall–Kier alpha value is -2.43. The van der Waals surface area contributed by atoms with Gasteiger partial charge in [0.05, 0.1) is 13.3 Å². The molecule has 0 bridgehead atoms. The molecule has 2 aromatic heterocycles. The second-order valence-electron chi connectivity index (χ2n) is 3.97. The van der Waals surface area contributed by atoms with E-state index in [0.717, 1.165) is 22.7 Å². The van der Waals surface area contributed by atoms with E-state index in [0.29, 0.717) is 12.1 Å². The van der Waals surface area contributed by atoms with Gasteiger partial charge in [0.1, 0.15) is 23.4 Å². The van der Waals surface area contributed by atoms with Gasteiger partial charge in [-0.15, -0.1) is 0 Å². The zero-order valence-electron chi connectivity index (χ0n) is 9.92. The van der Waals surface area contributed by atoms with E-state index < -0.39 is 0 Å². The molecule has 18 heavy (non-hydrogen) atoms. The number of hydrogen-bond acceptors (Lipinski definition) is 4. The monoisotopic (exact) mass is 240 g/mol. The second kappa shape index (κ2) is 4.44. The highest BCUT2D eigenvalue weighted by Crippen LogP contribution is 2.16. The van der Waals surface area contributed by atoms with Crippen molar-refractivity contribution in [3.63, 3.8) is 0 Å². The molecule has 3 aromatic rings. The Balaban J connectivity index is 1.91. The molecule has 0 saturated carbocycles. The first kappa shape index (κ1) is 10.7. The number of imidazole rings is 1. The normalized spacial score (nSPS) is 10.7. The van der Waals surface area contributed by atoms with Crippen molar-refractivity contribution < 1.29 is 4.74 Å². The van der Waals surface area contributed by atoms with E-state index in [1.54, 1.807) is 13.3 Å². The quantitative estimate of drug-likeness (QED) is 0.760. The van der Waals surface area contributed by atoms with Crippen LogP contribution in [0.3, 0.4) is 0 Å². The summed E-state index contributed by atoms with van der Waals surface area (Å²) < 4.78 is 5.20. The van der Waals surface area contributed by atoms with Crippen LogP contribution < -0.4 is 4.74 Å². The Morgan fingerprint density at radius 2 is 2.28 bits per heavy atom. The SMILES string of the molecule is COc1cccc(Cc2nc3ncncc3[nH]2)c1. The average Bonchev–Trinajstić information content (AvgIpc) is 2.81. The third-order valence-corrected chi connectivity index (χ3v) is 2.72. The van der Waals surface area contributed by atoms with Crippen molar-refractivity contribution in [3.8, 4) is 5.75 Å². The number of fused-ring (bicyclic) bond motifs is 1. The second-order valence-corrected chi connectivity index (χ2v) is 3.97. The van der Waals surface area contributed by atoms with Gasteiger partial charge in [-0.25, -0.2) is 15.0 Å². The molecule has 0 aliphatic heterocycles. The molecule has 1 N–H and O–H groups in total. The Bertz CT molecular complexity index is 644. The molecule has 5 nitrogen and oxygen atoms in total. The number of hydrogen-bond donors (Lipinski definition) is 1. The fourth-order valence-electron chi connectivity index (χ4n) is 1.87. The van der Waals surface area contributed by atoms with Gasteiger partial charge in [-0.3, -0.25) is 0 Å². The standard InChI is InChI=1S/C13H12N4O/c1-18-10-4-2-3-9(5-10)6-12-16-11-7-14-8-15-13(11)17-12/h2-5,7-8H,6H2,1H3,(H,14,15,16,17). The molecule has 0 amide bonds. The molecule has 5 heteroatoms. The van der Waals surface area contributed by atoms with E-state index in [1.165, 1.54) is 6.33 Å². The fourth-order valence-corrected chi connectivity index (χ4v) is 1.87. The predicted molar refractivity (Wildman–Crippen MR) is 67.5 cm³/mol. The third-order valence-electron chi connectivity index (χ3n) is 2.72. The molecule has 3 rings (SSSR count). The first-order chi connectivity index (χ1) is 8.85. The highest BCUT2D eigenvalue weighted by atomic mass is 16.5. The number of methoxy groups -OCH3 is 1. The van der Waals surface area contributed by atoms with Crippen molar-refractivity contribution >= 4 is 11.2 Å². The minimum atomic E-state index is 0.697. The molecule has 0 spiro atoms. The Labute approximate surface area is 104 Å². The van der Waals surface area contributed by atoms with Crippen LogP contribution >= 0.6 is 0 Å². The van der Waals surface area contributed by atoms with Crippen LogP contribution in [-0.2, 0) is 6.42 Å². The van der Waals surface area contributed by atoms with Crippen LogP contribution in [0.25, 0.3) is 11.2 Å². The van der Waals surface area contributed by atoms with Crippen molar-refractivity contribution in [3.05, 3.63) is 48.2 Å². The zero-order chi connectivity index (χ0) is 12.4. The summed E-state index contributed by atoms with van der Waals surface area (Å²) in [6.07, 6.45) is 3.94. The average molecular weight is 240 g/mol. The summed E-state index contributed by atoms with van der Waals surface area (Å²) in [4.78, 5) is 15.7. The van der Waals surface area contributed by atoms with Crippen LogP contribution in [0, 0.1) is 0 Å². The van der Waals surface area contributed by atoms with Crippen LogP contribution in [0.2, 0.25) is 0 Å². The lowest BCUT2D eigenvalue weighted by Gasteiger charge is -2.02. The Morgan fingerprint density at radius 3 is 3.11 bits per heavy atom. The van der Waals surface area contributed by atoms with Crippen LogP contribution in [0.1, 0.15) is 11.4 Å². The minimum absolute atomic E-state index is 0.697. The van der Waals surface area contributed by atoms with Gasteiger partial charge in [-0.2, -0.15) is 0 Å². The van der Waals surface area contributed by atoms with Gasteiger partial charge < -0.3 is 9.72 Å². The van der Waals surface area contributed by atoms with Gasteiger partial charge in [0.25, 0.3) is 0 Å². The lowest BCUT2D eigenvalue weighted by Crippen LogP contribution is -1.91. The molecule has 0 saturated heterocycles. The molecule has 0 fully saturated rings. The number of aromatic amines is 1. The number of nitrogens with zero attached hydrogens (tertiary/aromatic N) is 3. The molecule has 90 valence electrons. The fraction of sp³-hybridized carbons (Fsp3) is 0.154. The highest BCUT2D eigenvalue weighted by molar-refractivity contribution is 5.68. The largest absolute Gasteiger partial charge is 0.497 e.